The molecule has 0 saturated heterocycles. The van der Waals surface area contributed by atoms with Crippen LogP contribution in [0, 0.1) is 11.3 Å². The lowest BCUT2D eigenvalue weighted by Gasteiger charge is -2.11. The SMILES string of the molecule is N#Cc1cccc(C(=O)Nc2n[nH]c3c2CN(S(N)(=O)=O)C3)c1. The Bertz CT molecular complexity index is 927. The van der Waals surface area contributed by atoms with Gasteiger partial charge in [0.2, 0.25) is 0 Å². The van der Waals surface area contributed by atoms with Crippen molar-refractivity contribution in [2.45, 2.75) is 13.1 Å². The van der Waals surface area contributed by atoms with Crippen molar-refractivity contribution in [1.82, 2.24) is 14.5 Å². The Balaban J connectivity index is 1.81. The van der Waals surface area contributed by atoms with E-state index in [0.717, 1.165) is 4.31 Å². The number of carbonyl (C=O) groups is 1. The van der Waals surface area contributed by atoms with Gasteiger partial charge in [0.15, 0.2) is 5.82 Å². The van der Waals surface area contributed by atoms with Gasteiger partial charge in [0.25, 0.3) is 16.1 Å². The molecule has 0 fully saturated rings. The molecule has 118 valence electrons. The van der Waals surface area contributed by atoms with Crippen LogP contribution in [0.1, 0.15) is 27.2 Å². The number of fused-ring (bicyclic) bond motifs is 1. The van der Waals surface area contributed by atoms with Crippen LogP contribution in [-0.2, 0) is 23.3 Å². The molecule has 2 aromatic rings. The lowest BCUT2D eigenvalue weighted by molar-refractivity contribution is 0.102. The molecule has 4 N–H and O–H groups in total. The van der Waals surface area contributed by atoms with E-state index in [0.29, 0.717) is 22.4 Å². The molecule has 9 nitrogen and oxygen atoms in total. The molecule has 3 rings (SSSR count). The van der Waals surface area contributed by atoms with Crippen LogP contribution in [-0.4, -0.2) is 28.8 Å². The fourth-order valence-corrected chi connectivity index (χ4v) is 2.92. The van der Waals surface area contributed by atoms with Crippen LogP contribution in [0.4, 0.5) is 5.82 Å². The average molecular weight is 332 g/mol. The Morgan fingerprint density at radius 2 is 2.22 bits per heavy atom. The minimum atomic E-state index is -3.81. The summed E-state index contributed by atoms with van der Waals surface area (Å²) >= 11 is 0. The maximum Gasteiger partial charge on any atom is 0.277 e. The van der Waals surface area contributed by atoms with Crippen LogP contribution >= 0.6 is 0 Å². The number of H-pyrrole nitrogens is 1. The molecule has 0 spiro atoms. The van der Waals surface area contributed by atoms with Gasteiger partial charge in [-0.2, -0.15) is 23.1 Å². The predicted molar refractivity (Wildman–Crippen MR) is 80.1 cm³/mol. The predicted octanol–water partition coefficient (Wildman–Crippen LogP) is 0.0528. The number of benzene rings is 1. The minimum Gasteiger partial charge on any atom is -0.305 e. The highest BCUT2D eigenvalue weighted by Crippen LogP contribution is 2.28. The summed E-state index contributed by atoms with van der Waals surface area (Å²) in [5.41, 5.74) is 1.83. The van der Waals surface area contributed by atoms with E-state index >= 15 is 0 Å². The third-order valence-corrected chi connectivity index (χ3v) is 4.45. The van der Waals surface area contributed by atoms with E-state index < -0.39 is 16.1 Å². The summed E-state index contributed by atoms with van der Waals surface area (Å²) < 4.78 is 23.8. The van der Waals surface area contributed by atoms with Gasteiger partial charge in [-0.3, -0.25) is 9.89 Å². The fraction of sp³-hybridized carbons (Fsp3) is 0.154. The molecule has 0 atom stereocenters. The number of rotatable bonds is 3. The zero-order valence-electron chi connectivity index (χ0n) is 11.8. The van der Waals surface area contributed by atoms with Crippen LogP contribution in [0.25, 0.3) is 0 Å². The lowest BCUT2D eigenvalue weighted by atomic mass is 10.1. The maximum absolute atomic E-state index is 12.2. The van der Waals surface area contributed by atoms with Crippen molar-refractivity contribution in [1.29, 1.82) is 5.26 Å². The molecule has 0 unspecified atom stereocenters. The summed E-state index contributed by atoms with van der Waals surface area (Å²) in [7, 11) is -3.81. The highest BCUT2D eigenvalue weighted by atomic mass is 32.2. The standard InChI is InChI=1S/C13H12N6O3S/c14-5-8-2-1-3-9(4-8)13(20)16-12-10-6-19(23(15,21)22)7-11(10)17-18-12/h1-4H,6-7H2,(H2,15,21,22)(H2,16,17,18,20). The van der Waals surface area contributed by atoms with Crippen molar-refractivity contribution in [2.24, 2.45) is 5.14 Å². The smallest absolute Gasteiger partial charge is 0.277 e. The number of nitrogens with one attached hydrogen (secondary N) is 2. The topological polar surface area (TPSA) is 145 Å². The molecule has 0 saturated carbocycles. The summed E-state index contributed by atoms with van der Waals surface area (Å²) in [6.07, 6.45) is 0. The molecular weight excluding hydrogens is 320 g/mol. The molecule has 1 aromatic carbocycles. The molecule has 23 heavy (non-hydrogen) atoms. The second-order valence-electron chi connectivity index (χ2n) is 4.99. The second kappa shape index (κ2) is 5.47. The quantitative estimate of drug-likeness (QED) is 0.727. The number of nitriles is 1. The van der Waals surface area contributed by atoms with E-state index in [1.165, 1.54) is 6.07 Å². The molecule has 1 aromatic heterocycles. The Morgan fingerprint density at radius 3 is 2.91 bits per heavy atom. The molecule has 1 amide bonds. The molecule has 1 aliphatic heterocycles. The second-order valence-corrected chi connectivity index (χ2v) is 6.54. The number of nitrogens with zero attached hydrogens (tertiary/aromatic N) is 3. The highest BCUT2D eigenvalue weighted by molar-refractivity contribution is 7.86. The van der Waals surface area contributed by atoms with Crippen LogP contribution in [0.3, 0.4) is 0 Å². The van der Waals surface area contributed by atoms with Gasteiger partial charge in [0.1, 0.15) is 0 Å². The summed E-state index contributed by atoms with van der Waals surface area (Å²) in [4.78, 5) is 12.2. The van der Waals surface area contributed by atoms with Crippen molar-refractivity contribution in [2.75, 3.05) is 5.32 Å². The van der Waals surface area contributed by atoms with Gasteiger partial charge in [-0.1, -0.05) is 6.07 Å². The monoisotopic (exact) mass is 332 g/mol. The molecular formula is C13H12N6O3S. The van der Waals surface area contributed by atoms with Gasteiger partial charge >= 0.3 is 0 Å². The Morgan fingerprint density at radius 1 is 1.43 bits per heavy atom. The first-order valence-corrected chi connectivity index (χ1v) is 8.04. The van der Waals surface area contributed by atoms with Gasteiger partial charge in [-0.15, -0.1) is 0 Å². The first kappa shape index (κ1) is 15.2. The first-order chi connectivity index (χ1) is 10.9. The Kier molecular flexibility index (Phi) is 3.61. The summed E-state index contributed by atoms with van der Waals surface area (Å²) in [6.45, 7) is 0.124. The van der Waals surface area contributed by atoms with E-state index in [1.54, 1.807) is 18.2 Å². The fourth-order valence-electron chi connectivity index (χ4n) is 2.30. The third-order valence-electron chi connectivity index (χ3n) is 3.47. The van der Waals surface area contributed by atoms with Crippen molar-refractivity contribution < 1.29 is 13.2 Å². The van der Waals surface area contributed by atoms with Crippen LogP contribution in [0.5, 0.6) is 0 Å². The van der Waals surface area contributed by atoms with Crippen molar-refractivity contribution in [3.8, 4) is 6.07 Å². The zero-order chi connectivity index (χ0) is 16.6. The number of amides is 1. The number of hydrogen-bond acceptors (Lipinski definition) is 5. The van der Waals surface area contributed by atoms with Gasteiger partial charge in [-0.25, -0.2) is 5.14 Å². The van der Waals surface area contributed by atoms with Crippen molar-refractivity contribution in [3.05, 3.63) is 46.6 Å². The van der Waals surface area contributed by atoms with E-state index in [9.17, 15) is 13.2 Å². The largest absolute Gasteiger partial charge is 0.305 e. The number of carbonyl (C=O) groups excluding carboxylic acids is 1. The number of aromatic amines is 1. The van der Waals surface area contributed by atoms with E-state index in [1.807, 2.05) is 6.07 Å². The number of aromatic nitrogens is 2. The van der Waals surface area contributed by atoms with Crippen molar-refractivity contribution >= 4 is 21.9 Å². The Labute approximate surface area is 131 Å². The van der Waals surface area contributed by atoms with Gasteiger partial charge in [-0.05, 0) is 18.2 Å². The van der Waals surface area contributed by atoms with Crippen LogP contribution in [0.15, 0.2) is 24.3 Å². The third kappa shape index (κ3) is 2.93. The summed E-state index contributed by atoms with van der Waals surface area (Å²) in [5, 5.41) is 23.2. The molecule has 2 heterocycles. The first-order valence-electron chi connectivity index (χ1n) is 6.54. The van der Waals surface area contributed by atoms with Gasteiger partial charge in [0.05, 0.1) is 23.9 Å². The van der Waals surface area contributed by atoms with Crippen LogP contribution in [0.2, 0.25) is 0 Å². The van der Waals surface area contributed by atoms with Gasteiger partial charge in [0, 0.05) is 17.7 Å². The Hall–Kier alpha value is -2.74. The average Bonchev–Trinajstić information content (AvgIpc) is 3.09. The minimum absolute atomic E-state index is 0.0402. The lowest BCUT2D eigenvalue weighted by Crippen LogP contribution is -2.32. The number of nitrogens with two attached hydrogens (primary N) is 1. The highest BCUT2D eigenvalue weighted by Gasteiger charge is 2.31. The molecule has 0 bridgehead atoms. The number of anilines is 1. The van der Waals surface area contributed by atoms with Crippen molar-refractivity contribution in [3.63, 3.8) is 0 Å². The summed E-state index contributed by atoms with van der Waals surface area (Å²) in [6, 6.07) is 8.18. The normalized spacial score (nSPS) is 14.3. The molecule has 1 aliphatic rings. The zero-order valence-corrected chi connectivity index (χ0v) is 12.6. The molecule has 0 radical (unpaired) electrons. The van der Waals surface area contributed by atoms with Gasteiger partial charge < -0.3 is 5.32 Å². The van der Waals surface area contributed by atoms with E-state index in [2.05, 4.69) is 15.5 Å². The number of hydrogen-bond donors (Lipinski definition) is 3. The van der Waals surface area contributed by atoms with E-state index in [-0.39, 0.29) is 18.9 Å². The van der Waals surface area contributed by atoms with E-state index in [4.69, 9.17) is 10.4 Å². The summed E-state index contributed by atoms with van der Waals surface area (Å²) in [5.74, 6) is -0.191. The maximum atomic E-state index is 12.2. The van der Waals surface area contributed by atoms with Crippen LogP contribution < -0.4 is 10.5 Å². The molecule has 0 aliphatic carbocycles. The molecule has 10 heteroatoms.